The van der Waals surface area contributed by atoms with E-state index in [1.807, 2.05) is 0 Å². The van der Waals surface area contributed by atoms with Gasteiger partial charge < -0.3 is 10.3 Å². The molecule has 0 amide bonds. The summed E-state index contributed by atoms with van der Waals surface area (Å²) in [4.78, 5) is 0. The molecule has 0 radical (unpaired) electrons. The summed E-state index contributed by atoms with van der Waals surface area (Å²) in [5, 5.41) is 0. The Morgan fingerprint density at radius 1 is 1.41 bits per heavy atom. The lowest BCUT2D eigenvalue weighted by atomic mass is 9.93. The predicted octanol–water partition coefficient (Wildman–Crippen LogP) is 3.58. The molecule has 1 fully saturated rings. The fourth-order valence-electron chi connectivity index (χ4n) is 3.31. The Labute approximate surface area is 104 Å². The molecule has 2 atom stereocenters. The molecular formula is C15H24N2. The zero-order valence-electron chi connectivity index (χ0n) is 10.9. The summed E-state index contributed by atoms with van der Waals surface area (Å²) in [7, 11) is 0. The van der Waals surface area contributed by atoms with E-state index < -0.39 is 0 Å². The molecule has 1 heterocycles. The number of nitrogens with two attached hydrogens (primary N) is 1. The van der Waals surface area contributed by atoms with E-state index in [-0.39, 0.29) is 0 Å². The largest absolute Gasteiger partial charge is 0.348 e. The number of hydrogen-bond donors (Lipinski definition) is 1. The van der Waals surface area contributed by atoms with E-state index in [4.69, 9.17) is 5.73 Å². The first-order valence-electron chi connectivity index (χ1n) is 7.24. The predicted molar refractivity (Wildman–Crippen MR) is 71.0 cm³/mol. The lowest BCUT2D eigenvalue weighted by Crippen LogP contribution is -2.20. The number of rotatable bonds is 4. The van der Waals surface area contributed by atoms with E-state index >= 15 is 0 Å². The molecule has 1 aromatic rings. The average Bonchev–Trinajstić information content (AvgIpc) is 3.05. The van der Waals surface area contributed by atoms with Crippen LogP contribution in [0.25, 0.3) is 0 Å². The summed E-state index contributed by atoms with van der Waals surface area (Å²) in [6, 6.07) is 3.28. The Balaban J connectivity index is 1.85. The first kappa shape index (κ1) is 11.3. The number of fused-ring (bicyclic) bond motifs is 1. The van der Waals surface area contributed by atoms with Gasteiger partial charge in [0.2, 0.25) is 0 Å². The summed E-state index contributed by atoms with van der Waals surface area (Å²) >= 11 is 0. The van der Waals surface area contributed by atoms with Crippen LogP contribution in [0, 0.1) is 5.92 Å². The summed E-state index contributed by atoms with van der Waals surface area (Å²) < 4.78 is 2.55. The topological polar surface area (TPSA) is 30.9 Å². The molecule has 3 rings (SSSR count). The van der Waals surface area contributed by atoms with Crippen LogP contribution in [-0.2, 0) is 6.42 Å². The highest BCUT2D eigenvalue weighted by Gasteiger charge is 2.28. The van der Waals surface area contributed by atoms with Gasteiger partial charge in [0.25, 0.3) is 0 Å². The van der Waals surface area contributed by atoms with Crippen LogP contribution < -0.4 is 5.73 Å². The summed E-state index contributed by atoms with van der Waals surface area (Å²) in [5.41, 5.74) is 9.16. The second kappa shape index (κ2) is 4.49. The zero-order valence-corrected chi connectivity index (χ0v) is 10.9. The number of hydrogen-bond acceptors (Lipinski definition) is 1. The minimum atomic E-state index is 0.290. The molecular weight excluding hydrogens is 208 g/mol. The quantitative estimate of drug-likeness (QED) is 0.845. The SMILES string of the molecule is CCC(CC1CC1)n1ccc2c1CCCC2N. The smallest absolute Gasteiger partial charge is 0.0333 e. The molecule has 2 aliphatic carbocycles. The third kappa shape index (κ3) is 2.15. The van der Waals surface area contributed by atoms with Crippen molar-refractivity contribution in [1.29, 1.82) is 0 Å². The number of nitrogens with zero attached hydrogens (tertiary/aromatic N) is 1. The van der Waals surface area contributed by atoms with Gasteiger partial charge in [-0.1, -0.05) is 19.8 Å². The number of aromatic nitrogens is 1. The molecule has 2 nitrogen and oxygen atoms in total. The maximum Gasteiger partial charge on any atom is 0.0333 e. The fourth-order valence-corrected chi connectivity index (χ4v) is 3.31. The van der Waals surface area contributed by atoms with Crippen molar-refractivity contribution in [3.8, 4) is 0 Å². The first-order chi connectivity index (χ1) is 8.29. The maximum absolute atomic E-state index is 6.20. The molecule has 0 aliphatic heterocycles. The van der Waals surface area contributed by atoms with Crippen LogP contribution in [0.5, 0.6) is 0 Å². The maximum atomic E-state index is 6.20. The molecule has 0 aromatic carbocycles. The third-order valence-electron chi connectivity index (χ3n) is 4.55. The Morgan fingerprint density at radius 2 is 2.24 bits per heavy atom. The fraction of sp³-hybridized carbons (Fsp3) is 0.733. The van der Waals surface area contributed by atoms with Crippen LogP contribution in [0.2, 0.25) is 0 Å². The van der Waals surface area contributed by atoms with Gasteiger partial charge in [0, 0.05) is 24.0 Å². The van der Waals surface area contributed by atoms with Gasteiger partial charge in [0.15, 0.2) is 0 Å². The van der Waals surface area contributed by atoms with Crippen molar-refractivity contribution in [2.75, 3.05) is 0 Å². The Kier molecular flexibility index (Phi) is 2.99. The lowest BCUT2D eigenvalue weighted by molar-refractivity contribution is 0.409. The molecule has 2 aliphatic rings. The monoisotopic (exact) mass is 232 g/mol. The second-order valence-electron chi connectivity index (χ2n) is 5.86. The molecule has 1 saturated carbocycles. The molecule has 1 aromatic heterocycles. The molecule has 2 heteroatoms. The van der Waals surface area contributed by atoms with Crippen LogP contribution in [0.1, 0.15) is 68.8 Å². The van der Waals surface area contributed by atoms with Crippen molar-refractivity contribution >= 4 is 0 Å². The van der Waals surface area contributed by atoms with Crippen LogP contribution in [-0.4, -0.2) is 4.57 Å². The molecule has 0 bridgehead atoms. The molecule has 2 N–H and O–H groups in total. The summed E-state index contributed by atoms with van der Waals surface area (Å²) in [6.45, 7) is 2.32. The van der Waals surface area contributed by atoms with Crippen LogP contribution >= 0.6 is 0 Å². The minimum Gasteiger partial charge on any atom is -0.348 e. The molecule has 0 saturated heterocycles. The highest BCUT2D eigenvalue weighted by Crippen LogP contribution is 2.40. The van der Waals surface area contributed by atoms with Crippen LogP contribution in [0.15, 0.2) is 12.3 Å². The van der Waals surface area contributed by atoms with Gasteiger partial charge in [0.05, 0.1) is 0 Å². The van der Waals surface area contributed by atoms with Gasteiger partial charge in [0.1, 0.15) is 0 Å². The van der Waals surface area contributed by atoms with Crippen molar-refractivity contribution < 1.29 is 0 Å². The van der Waals surface area contributed by atoms with Gasteiger partial charge in [-0.2, -0.15) is 0 Å². The minimum absolute atomic E-state index is 0.290. The van der Waals surface area contributed by atoms with Crippen LogP contribution in [0.3, 0.4) is 0 Å². The van der Waals surface area contributed by atoms with E-state index in [2.05, 4.69) is 23.8 Å². The Morgan fingerprint density at radius 3 is 2.94 bits per heavy atom. The van der Waals surface area contributed by atoms with E-state index in [1.54, 1.807) is 0 Å². The third-order valence-corrected chi connectivity index (χ3v) is 4.55. The average molecular weight is 232 g/mol. The van der Waals surface area contributed by atoms with Gasteiger partial charge in [-0.15, -0.1) is 0 Å². The second-order valence-corrected chi connectivity index (χ2v) is 5.86. The first-order valence-corrected chi connectivity index (χ1v) is 7.24. The van der Waals surface area contributed by atoms with Crippen molar-refractivity contribution in [2.24, 2.45) is 11.7 Å². The molecule has 94 valence electrons. The normalized spacial score (nSPS) is 25.6. The zero-order chi connectivity index (χ0) is 11.8. The van der Waals surface area contributed by atoms with Crippen molar-refractivity contribution in [3.05, 3.63) is 23.5 Å². The van der Waals surface area contributed by atoms with Crippen molar-refractivity contribution in [3.63, 3.8) is 0 Å². The van der Waals surface area contributed by atoms with Gasteiger partial charge >= 0.3 is 0 Å². The molecule has 0 spiro atoms. The van der Waals surface area contributed by atoms with E-state index in [1.165, 1.54) is 49.8 Å². The highest BCUT2D eigenvalue weighted by molar-refractivity contribution is 5.28. The summed E-state index contributed by atoms with van der Waals surface area (Å²) in [6.07, 6.45) is 11.5. The lowest BCUT2D eigenvalue weighted by Gasteiger charge is -2.25. The van der Waals surface area contributed by atoms with E-state index in [0.717, 1.165) is 18.4 Å². The molecule has 2 unspecified atom stereocenters. The van der Waals surface area contributed by atoms with Gasteiger partial charge in [-0.05, 0) is 49.7 Å². The summed E-state index contributed by atoms with van der Waals surface area (Å²) in [5.74, 6) is 1.01. The van der Waals surface area contributed by atoms with E-state index in [9.17, 15) is 0 Å². The Hall–Kier alpha value is -0.760. The standard InChI is InChI=1S/C15H24N2/c1-2-12(10-11-6-7-11)17-9-8-13-14(16)4-3-5-15(13)17/h8-9,11-12,14H,2-7,10,16H2,1H3. The highest BCUT2D eigenvalue weighted by atomic mass is 15.0. The van der Waals surface area contributed by atoms with Crippen molar-refractivity contribution in [2.45, 2.75) is 64.0 Å². The Bertz CT molecular complexity index is 390. The van der Waals surface area contributed by atoms with Gasteiger partial charge in [-0.25, -0.2) is 0 Å². The van der Waals surface area contributed by atoms with E-state index in [0.29, 0.717) is 6.04 Å². The van der Waals surface area contributed by atoms with Gasteiger partial charge in [-0.3, -0.25) is 0 Å². The van der Waals surface area contributed by atoms with Crippen molar-refractivity contribution in [1.82, 2.24) is 4.57 Å². The van der Waals surface area contributed by atoms with Crippen LogP contribution in [0.4, 0.5) is 0 Å². The molecule has 17 heavy (non-hydrogen) atoms.